The molecule has 20 heavy (non-hydrogen) atoms. The Bertz CT molecular complexity index is 733. The number of rotatable bonds is 4. The van der Waals surface area contributed by atoms with E-state index < -0.39 is 0 Å². The zero-order chi connectivity index (χ0) is 13.9. The van der Waals surface area contributed by atoms with Gasteiger partial charge in [0.15, 0.2) is 0 Å². The lowest BCUT2D eigenvalue weighted by molar-refractivity contribution is 0.280. The van der Waals surface area contributed by atoms with E-state index in [0.717, 1.165) is 35.0 Å². The van der Waals surface area contributed by atoms with Crippen LogP contribution in [0.3, 0.4) is 0 Å². The van der Waals surface area contributed by atoms with Crippen LogP contribution >= 0.6 is 0 Å². The van der Waals surface area contributed by atoms with Gasteiger partial charge in [0, 0.05) is 30.3 Å². The molecule has 0 fully saturated rings. The molecule has 1 heterocycles. The summed E-state index contributed by atoms with van der Waals surface area (Å²) in [6.07, 6.45) is 2.77. The van der Waals surface area contributed by atoms with Crippen molar-refractivity contribution in [1.29, 1.82) is 0 Å². The average Bonchev–Trinajstić information content (AvgIpc) is 2.87. The van der Waals surface area contributed by atoms with Crippen molar-refractivity contribution in [2.24, 2.45) is 0 Å². The van der Waals surface area contributed by atoms with E-state index in [4.69, 9.17) is 5.11 Å². The number of aliphatic hydroxyl groups is 1. The Morgan fingerprint density at radius 1 is 1.00 bits per heavy atom. The van der Waals surface area contributed by atoms with Crippen molar-refractivity contribution >= 4 is 10.9 Å². The summed E-state index contributed by atoms with van der Waals surface area (Å²) in [5.74, 6) is -0.219. The normalized spacial score (nSPS) is 11.1. The Kier molecular flexibility index (Phi) is 3.52. The first-order valence-electron chi connectivity index (χ1n) is 6.73. The predicted octanol–water partition coefficient (Wildman–Crippen LogP) is 3.83. The van der Waals surface area contributed by atoms with E-state index in [1.807, 2.05) is 24.4 Å². The number of hydrogen-bond acceptors (Lipinski definition) is 1. The number of benzene rings is 2. The van der Waals surface area contributed by atoms with Gasteiger partial charge in [-0.25, -0.2) is 4.39 Å². The van der Waals surface area contributed by atoms with Crippen LogP contribution in [0, 0.1) is 5.82 Å². The van der Waals surface area contributed by atoms with E-state index >= 15 is 0 Å². The molecule has 0 amide bonds. The van der Waals surface area contributed by atoms with Crippen LogP contribution < -0.4 is 0 Å². The van der Waals surface area contributed by atoms with Gasteiger partial charge in [-0.3, -0.25) is 0 Å². The van der Waals surface area contributed by atoms with Gasteiger partial charge in [0.25, 0.3) is 0 Å². The molecule has 0 radical (unpaired) electrons. The van der Waals surface area contributed by atoms with Crippen LogP contribution in [0.25, 0.3) is 22.0 Å². The van der Waals surface area contributed by atoms with Crippen molar-refractivity contribution in [3.05, 3.63) is 60.5 Å². The molecule has 0 aliphatic rings. The predicted molar refractivity (Wildman–Crippen MR) is 79.0 cm³/mol. The van der Waals surface area contributed by atoms with Crippen molar-refractivity contribution in [2.75, 3.05) is 6.61 Å². The highest BCUT2D eigenvalue weighted by Crippen LogP contribution is 2.25. The SMILES string of the molecule is OCCCn1ccc2cc(-c3cccc(F)c3)ccc21. The summed E-state index contributed by atoms with van der Waals surface area (Å²) in [7, 11) is 0. The minimum absolute atomic E-state index is 0.195. The van der Waals surface area contributed by atoms with E-state index in [1.165, 1.54) is 6.07 Å². The van der Waals surface area contributed by atoms with Crippen molar-refractivity contribution in [3.8, 4) is 11.1 Å². The largest absolute Gasteiger partial charge is 0.396 e. The highest BCUT2D eigenvalue weighted by atomic mass is 19.1. The van der Waals surface area contributed by atoms with Crippen molar-refractivity contribution in [3.63, 3.8) is 0 Å². The van der Waals surface area contributed by atoms with Gasteiger partial charge in [-0.2, -0.15) is 0 Å². The molecule has 2 aromatic carbocycles. The Balaban J connectivity index is 1.99. The van der Waals surface area contributed by atoms with E-state index in [9.17, 15) is 4.39 Å². The highest BCUT2D eigenvalue weighted by Gasteiger charge is 2.04. The van der Waals surface area contributed by atoms with Crippen LogP contribution in [0.1, 0.15) is 6.42 Å². The monoisotopic (exact) mass is 269 g/mol. The first-order chi connectivity index (χ1) is 9.78. The van der Waals surface area contributed by atoms with Crippen LogP contribution in [0.15, 0.2) is 54.7 Å². The summed E-state index contributed by atoms with van der Waals surface area (Å²) in [6.45, 7) is 1.00. The van der Waals surface area contributed by atoms with Crippen molar-refractivity contribution < 1.29 is 9.50 Å². The van der Waals surface area contributed by atoms with Gasteiger partial charge in [-0.05, 0) is 47.9 Å². The smallest absolute Gasteiger partial charge is 0.123 e. The van der Waals surface area contributed by atoms with Crippen LogP contribution in [0.5, 0.6) is 0 Å². The summed E-state index contributed by atoms with van der Waals surface area (Å²) in [5, 5.41) is 10.0. The molecule has 0 spiro atoms. The lowest BCUT2D eigenvalue weighted by Crippen LogP contribution is -1.97. The van der Waals surface area contributed by atoms with Gasteiger partial charge in [0.05, 0.1) is 0 Å². The van der Waals surface area contributed by atoms with Gasteiger partial charge in [0.1, 0.15) is 5.82 Å². The lowest BCUT2D eigenvalue weighted by Gasteiger charge is -2.06. The molecule has 102 valence electrons. The molecule has 0 atom stereocenters. The standard InChI is InChI=1S/C17H16FNO/c18-16-4-1-3-13(12-16)14-5-6-17-15(11-14)7-9-19(17)8-2-10-20/h1,3-7,9,11-12,20H,2,8,10H2. The second-order valence-electron chi connectivity index (χ2n) is 4.87. The van der Waals surface area contributed by atoms with E-state index in [1.54, 1.807) is 12.1 Å². The number of aryl methyl sites for hydroxylation is 1. The first-order valence-corrected chi connectivity index (χ1v) is 6.73. The number of nitrogens with zero attached hydrogens (tertiary/aromatic N) is 1. The molecular formula is C17H16FNO. The summed E-state index contributed by atoms with van der Waals surface area (Å²) >= 11 is 0. The third kappa shape index (κ3) is 2.45. The van der Waals surface area contributed by atoms with E-state index in [2.05, 4.69) is 16.7 Å². The quantitative estimate of drug-likeness (QED) is 0.765. The maximum absolute atomic E-state index is 13.3. The van der Waals surface area contributed by atoms with Crippen LogP contribution in [0.2, 0.25) is 0 Å². The molecule has 0 bridgehead atoms. The molecule has 3 rings (SSSR count). The average molecular weight is 269 g/mol. The topological polar surface area (TPSA) is 25.2 Å². The fourth-order valence-electron chi connectivity index (χ4n) is 2.48. The molecule has 0 aliphatic heterocycles. The highest BCUT2D eigenvalue weighted by molar-refractivity contribution is 5.85. The Labute approximate surface area is 117 Å². The number of hydrogen-bond donors (Lipinski definition) is 1. The fraction of sp³-hybridized carbons (Fsp3) is 0.176. The van der Waals surface area contributed by atoms with Crippen molar-refractivity contribution in [2.45, 2.75) is 13.0 Å². The molecule has 3 aromatic rings. The lowest BCUT2D eigenvalue weighted by atomic mass is 10.0. The first kappa shape index (κ1) is 12.9. The van der Waals surface area contributed by atoms with E-state index in [0.29, 0.717) is 0 Å². The Morgan fingerprint density at radius 2 is 1.85 bits per heavy atom. The number of aromatic nitrogens is 1. The fourth-order valence-corrected chi connectivity index (χ4v) is 2.48. The summed E-state index contributed by atoms with van der Waals surface area (Å²) < 4.78 is 15.4. The minimum atomic E-state index is -0.219. The second kappa shape index (κ2) is 5.47. The zero-order valence-corrected chi connectivity index (χ0v) is 11.1. The van der Waals surface area contributed by atoms with Crippen molar-refractivity contribution in [1.82, 2.24) is 4.57 Å². The molecular weight excluding hydrogens is 253 g/mol. The van der Waals surface area contributed by atoms with E-state index in [-0.39, 0.29) is 12.4 Å². The van der Waals surface area contributed by atoms with Gasteiger partial charge < -0.3 is 9.67 Å². The molecule has 0 saturated carbocycles. The maximum Gasteiger partial charge on any atom is 0.123 e. The van der Waals surface area contributed by atoms with Crippen LogP contribution in [-0.2, 0) is 6.54 Å². The summed E-state index contributed by atoms with van der Waals surface area (Å²) in [5.41, 5.74) is 3.03. The number of fused-ring (bicyclic) bond motifs is 1. The van der Waals surface area contributed by atoms with Gasteiger partial charge in [-0.15, -0.1) is 0 Å². The summed E-state index contributed by atoms with van der Waals surface area (Å²) in [6, 6.07) is 14.8. The Hall–Kier alpha value is -2.13. The van der Waals surface area contributed by atoms with Gasteiger partial charge in [0.2, 0.25) is 0 Å². The maximum atomic E-state index is 13.3. The zero-order valence-electron chi connectivity index (χ0n) is 11.1. The second-order valence-corrected chi connectivity index (χ2v) is 4.87. The molecule has 1 aromatic heterocycles. The molecule has 0 saturated heterocycles. The molecule has 0 unspecified atom stereocenters. The molecule has 1 N–H and O–H groups in total. The van der Waals surface area contributed by atoms with Crippen LogP contribution in [-0.4, -0.2) is 16.3 Å². The van der Waals surface area contributed by atoms with Gasteiger partial charge in [-0.1, -0.05) is 18.2 Å². The molecule has 3 heteroatoms. The summed E-state index contributed by atoms with van der Waals surface area (Å²) in [4.78, 5) is 0. The van der Waals surface area contributed by atoms with Crippen LogP contribution in [0.4, 0.5) is 4.39 Å². The molecule has 2 nitrogen and oxygen atoms in total. The number of aliphatic hydroxyl groups excluding tert-OH is 1. The van der Waals surface area contributed by atoms with Gasteiger partial charge >= 0.3 is 0 Å². The molecule has 0 aliphatic carbocycles. The Morgan fingerprint density at radius 3 is 2.65 bits per heavy atom. The third-order valence-corrected chi connectivity index (χ3v) is 3.49. The number of halogens is 1. The third-order valence-electron chi connectivity index (χ3n) is 3.49. The minimum Gasteiger partial charge on any atom is -0.396 e.